The quantitative estimate of drug-likeness (QED) is 0.846. The molecule has 1 saturated heterocycles. The molecular weight excluding hydrogens is 316 g/mol. The molecule has 2 aliphatic rings. The number of aryl methyl sites for hydroxylation is 1. The van der Waals surface area contributed by atoms with Gasteiger partial charge in [-0.05, 0) is 57.9 Å². The third kappa shape index (κ3) is 3.60. The molecule has 1 aromatic heterocycles. The molecule has 1 aliphatic heterocycles. The number of likely N-dealkylation sites (tertiary alicyclic amines) is 1. The van der Waals surface area contributed by atoms with E-state index in [1.54, 1.807) is 0 Å². The van der Waals surface area contributed by atoms with Gasteiger partial charge in [0.05, 0.1) is 11.7 Å². The van der Waals surface area contributed by atoms with Crippen LogP contribution in [0.1, 0.15) is 78.1 Å². The summed E-state index contributed by atoms with van der Waals surface area (Å²) in [5, 5.41) is 0. The Labute approximate surface area is 150 Å². The van der Waals surface area contributed by atoms with Crippen molar-refractivity contribution < 1.29 is 14.3 Å². The molecule has 1 saturated carbocycles. The lowest BCUT2D eigenvalue weighted by molar-refractivity contribution is 0.0376. The number of hydrogen-bond donors (Lipinski definition) is 1. The number of fused-ring (bicyclic) bond motifs is 1. The maximum absolute atomic E-state index is 13.0. The Morgan fingerprint density at radius 3 is 2.48 bits per heavy atom. The van der Waals surface area contributed by atoms with Crippen LogP contribution in [0.15, 0.2) is 0 Å². The van der Waals surface area contributed by atoms with Gasteiger partial charge in [-0.3, -0.25) is 4.79 Å². The molecule has 3 rings (SSSR count). The Morgan fingerprint density at radius 1 is 1.12 bits per heavy atom. The minimum atomic E-state index is -0.355. The first-order valence-electron chi connectivity index (χ1n) is 9.58. The lowest BCUT2D eigenvalue weighted by atomic mass is 9.75. The smallest absolute Gasteiger partial charge is 0.340 e. The summed E-state index contributed by atoms with van der Waals surface area (Å²) in [5.74, 6) is 1.11. The number of piperidine rings is 1. The van der Waals surface area contributed by atoms with Gasteiger partial charge in [-0.1, -0.05) is 19.3 Å². The van der Waals surface area contributed by atoms with Crippen LogP contribution in [0.25, 0.3) is 0 Å². The summed E-state index contributed by atoms with van der Waals surface area (Å²) in [6.07, 6.45) is 6.12. The largest absolute Gasteiger partial charge is 0.459 e. The van der Waals surface area contributed by atoms with Crippen molar-refractivity contribution in [1.29, 1.82) is 0 Å². The zero-order valence-corrected chi connectivity index (χ0v) is 15.9. The second kappa shape index (κ2) is 7.22. The van der Waals surface area contributed by atoms with Crippen LogP contribution in [-0.4, -0.2) is 41.0 Å². The normalized spacial score (nSPS) is 23.5. The number of amides is 1. The fourth-order valence-electron chi connectivity index (χ4n) is 4.49. The van der Waals surface area contributed by atoms with Gasteiger partial charge in [0.15, 0.2) is 0 Å². The van der Waals surface area contributed by atoms with Crippen LogP contribution in [-0.2, 0) is 4.74 Å². The molecule has 1 aromatic rings. The number of esters is 1. The van der Waals surface area contributed by atoms with Crippen molar-refractivity contribution in [2.75, 3.05) is 13.1 Å². The Hall–Kier alpha value is -1.78. The summed E-state index contributed by atoms with van der Waals surface area (Å²) in [4.78, 5) is 30.5. The van der Waals surface area contributed by atoms with E-state index < -0.39 is 0 Å². The average Bonchev–Trinajstić information content (AvgIpc) is 2.87. The molecule has 1 N–H and O–H groups in total. The van der Waals surface area contributed by atoms with Gasteiger partial charge in [0.2, 0.25) is 0 Å². The highest BCUT2D eigenvalue weighted by Crippen LogP contribution is 2.36. The Bertz CT molecular complexity index is 662. The van der Waals surface area contributed by atoms with Gasteiger partial charge >= 0.3 is 5.97 Å². The molecule has 2 atom stereocenters. The molecule has 1 amide bonds. The highest BCUT2D eigenvalue weighted by Gasteiger charge is 2.34. The van der Waals surface area contributed by atoms with Gasteiger partial charge in [-0.15, -0.1) is 0 Å². The third-order valence-electron chi connectivity index (χ3n) is 5.78. The number of carbonyl (C=O) groups excluding carboxylic acids is 2. The molecule has 0 radical (unpaired) electrons. The number of H-pyrrole nitrogens is 1. The minimum Gasteiger partial charge on any atom is -0.459 e. The molecule has 5 nitrogen and oxygen atoms in total. The lowest BCUT2D eigenvalue weighted by Crippen LogP contribution is -2.45. The summed E-state index contributed by atoms with van der Waals surface area (Å²) < 4.78 is 5.32. The maximum atomic E-state index is 13.0. The topological polar surface area (TPSA) is 62.4 Å². The van der Waals surface area contributed by atoms with E-state index in [1.807, 2.05) is 32.6 Å². The van der Waals surface area contributed by atoms with Crippen LogP contribution in [0.4, 0.5) is 0 Å². The van der Waals surface area contributed by atoms with E-state index >= 15 is 0 Å². The molecule has 138 valence electrons. The SMILES string of the molecule is Cc1[nH]c(C(=O)N2CC[C@H]3CCCC[C@@H]3C2)c(C)c1C(=O)OC(C)C. The number of rotatable bonds is 3. The monoisotopic (exact) mass is 346 g/mol. The van der Waals surface area contributed by atoms with Crippen LogP contribution in [0.3, 0.4) is 0 Å². The predicted octanol–water partition coefficient (Wildman–Crippen LogP) is 3.85. The van der Waals surface area contributed by atoms with Gasteiger partial charge in [0, 0.05) is 18.8 Å². The van der Waals surface area contributed by atoms with Crippen molar-refractivity contribution in [1.82, 2.24) is 9.88 Å². The van der Waals surface area contributed by atoms with E-state index in [4.69, 9.17) is 4.74 Å². The van der Waals surface area contributed by atoms with Crippen molar-refractivity contribution in [2.45, 2.75) is 65.9 Å². The summed E-state index contributed by atoms with van der Waals surface area (Å²) in [6.45, 7) is 9.00. The Balaban J connectivity index is 1.77. The van der Waals surface area contributed by atoms with Crippen molar-refractivity contribution in [3.05, 3.63) is 22.5 Å². The second-order valence-corrected chi connectivity index (χ2v) is 7.92. The standard InChI is InChI=1S/C20H30N2O3/c1-12(2)25-20(24)17-13(3)18(21-14(17)4)19(23)22-10-9-15-7-5-6-8-16(15)11-22/h12,15-16,21H,5-11H2,1-4H3/t15-,16-/m1/s1. The van der Waals surface area contributed by atoms with Crippen LogP contribution < -0.4 is 0 Å². The van der Waals surface area contributed by atoms with Crippen molar-refractivity contribution in [3.8, 4) is 0 Å². The first kappa shape index (κ1) is 18.0. The maximum Gasteiger partial charge on any atom is 0.340 e. The van der Waals surface area contributed by atoms with E-state index in [2.05, 4.69) is 4.98 Å². The van der Waals surface area contributed by atoms with Crippen molar-refractivity contribution in [2.24, 2.45) is 11.8 Å². The summed E-state index contributed by atoms with van der Waals surface area (Å²) in [5.41, 5.74) is 2.46. The summed E-state index contributed by atoms with van der Waals surface area (Å²) in [7, 11) is 0. The Kier molecular flexibility index (Phi) is 5.21. The number of nitrogens with one attached hydrogen (secondary N) is 1. The van der Waals surface area contributed by atoms with E-state index in [-0.39, 0.29) is 18.0 Å². The lowest BCUT2D eigenvalue weighted by Gasteiger charge is -2.41. The first-order chi connectivity index (χ1) is 11.9. The molecule has 5 heteroatoms. The zero-order valence-electron chi connectivity index (χ0n) is 15.9. The molecule has 2 heterocycles. The highest BCUT2D eigenvalue weighted by atomic mass is 16.5. The van der Waals surface area contributed by atoms with E-state index in [0.717, 1.165) is 25.4 Å². The molecule has 25 heavy (non-hydrogen) atoms. The molecule has 0 aromatic carbocycles. The predicted molar refractivity (Wildman–Crippen MR) is 96.8 cm³/mol. The second-order valence-electron chi connectivity index (χ2n) is 7.92. The molecule has 0 unspecified atom stereocenters. The average molecular weight is 346 g/mol. The molecule has 2 fully saturated rings. The Morgan fingerprint density at radius 2 is 1.80 bits per heavy atom. The van der Waals surface area contributed by atoms with E-state index in [9.17, 15) is 9.59 Å². The molecule has 0 bridgehead atoms. The zero-order chi connectivity index (χ0) is 18.1. The number of carbonyl (C=O) groups is 2. The highest BCUT2D eigenvalue weighted by molar-refractivity contribution is 6.00. The van der Waals surface area contributed by atoms with Crippen molar-refractivity contribution >= 4 is 11.9 Å². The van der Waals surface area contributed by atoms with Crippen molar-refractivity contribution in [3.63, 3.8) is 0 Å². The van der Waals surface area contributed by atoms with Gasteiger partial charge in [0.25, 0.3) is 5.91 Å². The van der Waals surface area contributed by atoms with Gasteiger partial charge in [-0.25, -0.2) is 4.79 Å². The van der Waals surface area contributed by atoms with Crippen LogP contribution in [0.2, 0.25) is 0 Å². The molecular formula is C20H30N2O3. The van der Waals surface area contributed by atoms with Crippen LogP contribution in [0, 0.1) is 25.7 Å². The van der Waals surface area contributed by atoms with Crippen LogP contribution >= 0.6 is 0 Å². The summed E-state index contributed by atoms with van der Waals surface area (Å²) in [6, 6.07) is 0. The van der Waals surface area contributed by atoms with E-state index in [0.29, 0.717) is 28.4 Å². The van der Waals surface area contributed by atoms with E-state index in [1.165, 1.54) is 25.7 Å². The molecule has 1 aliphatic carbocycles. The number of aromatic amines is 1. The van der Waals surface area contributed by atoms with Gasteiger partial charge in [-0.2, -0.15) is 0 Å². The minimum absolute atomic E-state index is 0.0215. The fraction of sp³-hybridized carbons (Fsp3) is 0.700. The first-order valence-corrected chi connectivity index (χ1v) is 9.58. The fourth-order valence-corrected chi connectivity index (χ4v) is 4.49. The number of nitrogens with zero attached hydrogens (tertiary/aromatic N) is 1. The third-order valence-corrected chi connectivity index (χ3v) is 5.78. The number of ether oxygens (including phenoxy) is 1. The number of aromatic nitrogens is 1. The summed E-state index contributed by atoms with van der Waals surface area (Å²) >= 11 is 0. The number of hydrogen-bond acceptors (Lipinski definition) is 3. The van der Waals surface area contributed by atoms with Gasteiger partial charge in [0.1, 0.15) is 5.69 Å². The van der Waals surface area contributed by atoms with Crippen LogP contribution in [0.5, 0.6) is 0 Å². The van der Waals surface area contributed by atoms with Gasteiger partial charge < -0.3 is 14.6 Å². The molecule has 0 spiro atoms.